The van der Waals surface area contributed by atoms with Gasteiger partial charge in [-0.2, -0.15) is 0 Å². The molecule has 0 aromatic carbocycles. The predicted molar refractivity (Wildman–Crippen MR) is 166 cm³/mol. The lowest BCUT2D eigenvalue weighted by molar-refractivity contribution is -0.0483. The maximum atomic E-state index is 8.58. The van der Waals surface area contributed by atoms with Crippen LogP contribution in [0.2, 0.25) is 0 Å². The fraction of sp³-hybridized carbons (Fsp3) is 1.00. The van der Waals surface area contributed by atoms with E-state index in [2.05, 4.69) is 13.8 Å². The molecule has 1 atom stereocenters. The van der Waals surface area contributed by atoms with Gasteiger partial charge in [-0.3, -0.25) is 0 Å². The molecular weight excluding hydrogens is 544 g/mol. The third kappa shape index (κ3) is 35.8. The maximum Gasteiger partial charge on any atom is 0.0807 e. The molecule has 0 amide bonds. The summed E-state index contributed by atoms with van der Waals surface area (Å²) in [6.45, 7) is 13.6. The molecule has 0 fully saturated rings. The van der Waals surface area contributed by atoms with Crippen molar-refractivity contribution in [3.63, 3.8) is 0 Å². The van der Waals surface area contributed by atoms with Crippen LogP contribution < -0.4 is 0 Å². The fourth-order valence-electron chi connectivity index (χ4n) is 3.95. The molecule has 0 saturated heterocycles. The largest absolute Gasteiger partial charge is 0.394 e. The molecule has 0 aliphatic carbocycles. The summed E-state index contributed by atoms with van der Waals surface area (Å²) >= 11 is 0. The van der Waals surface area contributed by atoms with E-state index in [-0.39, 0.29) is 12.7 Å². The Hall–Kier alpha value is -0.400. The first-order valence-corrected chi connectivity index (χ1v) is 16.7. The summed E-state index contributed by atoms with van der Waals surface area (Å²) in [7, 11) is 0. The highest BCUT2D eigenvalue weighted by atomic mass is 16.6. The minimum Gasteiger partial charge on any atom is -0.394 e. The van der Waals surface area contributed by atoms with Crippen LogP contribution in [0.1, 0.15) is 84.5 Å². The summed E-state index contributed by atoms with van der Waals surface area (Å²) in [5, 5.41) is 8.58. The summed E-state index contributed by atoms with van der Waals surface area (Å²) in [5.74, 6) is 0. The minimum atomic E-state index is 0.0321. The van der Waals surface area contributed by atoms with E-state index in [1.807, 2.05) is 0 Å². The Morgan fingerprint density at radius 1 is 0.381 bits per heavy atom. The van der Waals surface area contributed by atoms with Crippen molar-refractivity contribution in [2.75, 3.05) is 119 Å². The van der Waals surface area contributed by atoms with Crippen molar-refractivity contribution in [1.29, 1.82) is 0 Å². The molecule has 0 rings (SSSR count). The normalized spacial score (nSPS) is 12.4. The van der Waals surface area contributed by atoms with E-state index in [9.17, 15) is 0 Å². The Balaban J connectivity index is 3.22. The molecule has 254 valence electrons. The van der Waals surface area contributed by atoms with E-state index in [1.165, 1.54) is 57.8 Å². The number of hydrogen-bond acceptors (Lipinski definition) is 10. The van der Waals surface area contributed by atoms with Gasteiger partial charge in [0.25, 0.3) is 0 Å². The minimum absolute atomic E-state index is 0.0321. The lowest BCUT2D eigenvalue weighted by Crippen LogP contribution is -2.22. The Morgan fingerprint density at radius 3 is 1.12 bits per heavy atom. The highest BCUT2D eigenvalue weighted by Crippen LogP contribution is 2.10. The highest BCUT2D eigenvalue weighted by molar-refractivity contribution is 4.54. The molecule has 0 bridgehead atoms. The lowest BCUT2D eigenvalue weighted by atomic mass is 10.1. The quantitative estimate of drug-likeness (QED) is 0.0978. The highest BCUT2D eigenvalue weighted by Gasteiger charge is 2.06. The molecule has 0 aromatic heterocycles. The van der Waals surface area contributed by atoms with Crippen LogP contribution in [0, 0.1) is 0 Å². The van der Waals surface area contributed by atoms with Gasteiger partial charge in [0, 0.05) is 6.61 Å². The topological polar surface area (TPSA) is 103 Å². The van der Waals surface area contributed by atoms with Gasteiger partial charge in [0.1, 0.15) is 0 Å². The van der Waals surface area contributed by atoms with E-state index in [0.29, 0.717) is 106 Å². The first kappa shape index (κ1) is 41.6. The predicted octanol–water partition coefficient (Wildman–Crippen LogP) is 4.83. The molecule has 0 aromatic rings. The molecule has 0 radical (unpaired) electrons. The zero-order valence-corrected chi connectivity index (χ0v) is 27.2. The summed E-state index contributed by atoms with van der Waals surface area (Å²) in [6.07, 6.45) is 14.5. The molecular formula is C32H66O10. The molecule has 0 aliphatic rings. The number of hydrogen-bond donors (Lipinski definition) is 1. The van der Waals surface area contributed by atoms with E-state index in [4.69, 9.17) is 47.7 Å². The van der Waals surface area contributed by atoms with Gasteiger partial charge >= 0.3 is 0 Å². The third-order valence-electron chi connectivity index (χ3n) is 6.45. The maximum absolute atomic E-state index is 8.58. The van der Waals surface area contributed by atoms with Gasteiger partial charge in [-0.25, -0.2) is 0 Å². The van der Waals surface area contributed by atoms with Crippen LogP contribution in [-0.2, 0) is 42.6 Å². The van der Waals surface area contributed by atoms with Gasteiger partial charge < -0.3 is 47.7 Å². The van der Waals surface area contributed by atoms with Gasteiger partial charge in [-0.1, -0.05) is 71.6 Å². The van der Waals surface area contributed by atoms with Crippen LogP contribution in [-0.4, -0.2) is 130 Å². The van der Waals surface area contributed by atoms with Crippen LogP contribution in [0.5, 0.6) is 0 Å². The Labute approximate surface area is 257 Å². The van der Waals surface area contributed by atoms with Crippen molar-refractivity contribution in [3.8, 4) is 0 Å². The van der Waals surface area contributed by atoms with Crippen molar-refractivity contribution in [2.24, 2.45) is 0 Å². The van der Waals surface area contributed by atoms with E-state index >= 15 is 0 Å². The van der Waals surface area contributed by atoms with Crippen LogP contribution >= 0.6 is 0 Å². The van der Waals surface area contributed by atoms with E-state index < -0.39 is 0 Å². The van der Waals surface area contributed by atoms with Crippen molar-refractivity contribution in [2.45, 2.75) is 90.6 Å². The van der Waals surface area contributed by atoms with Gasteiger partial charge in [0.2, 0.25) is 0 Å². The second kappa shape index (κ2) is 38.6. The zero-order valence-electron chi connectivity index (χ0n) is 27.2. The summed E-state index contributed by atoms with van der Waals surface area (Å²) in [4.78, 5) is 0. The van der Waals surface area contributed by atoms with Gasteiger partial charge in [0.15, 0.2) is 0 Å². The van der Waals surface area contributed by atoms with E-state index in [0.717, 1.165) is 19.4 Å². The molecule has 0 saturated carbocycles. The fourth-order valence-corrected chi connectivity index (χ4v) is 3.95. The third-order valence-corrected chi connectivity index (χ3v) is 6.45. The SMILES string of the molecule is CCCCCCCCCCCCOCC(CC)OCCOCCOCCOCCOCCOCCOCCOCCO. The monoisotopic (exact) mass is 610 g/mol. The summed E-state index contributed by atoms with van der Waals surface area (Å²) in [5.41, 5.74) is 0. The van der Waals surface area contributed by atoms with Crippen LogP contribution in [0.15, 0.2) is 0 Å². The zero-order chi connectivity index (χ0) is 30.4. The number of ether oxygens (including phenoxy) is 9. The average Bonchev–Trinajstić information content (AvgIpc) is 3.00. The van der Waals surface area contributed by atoms with Crippen molar-refractivity contribution >= 4 is 0 Å². The second-order valence-corrected chi connectivity index (χ2v) is 10.2. The smallest absolute Gasteiger partial charge is 0.0807 e. The molecule has 0 heterocycles. The van der Waals surface area contributed by atoms with Crippen molar-refractivity contribution in [3.05, 3.63) is 0 Å². The Bertz CT molecular complexity index is 473. The number of aliphatic hydroxyl groups excluding tert-OH is 1. The summed E-state index contributed by atoms with van der Waals surface area (Å²) < 4.78 is 49.6. The molecule has 0 spiro atoms. The van der Waals surface area contributed by atoms with Gasteiger partial charge in [-0.15, -0.1) is 0 Å². The van der Waals surface area contributed by atoms with Crippen LogP contribution in [0.25, 0.3) is 0 Å². The first-order chi connectivity index (χ1) is 20.8. The molecule has 0 aliphatic heterocycles. The number of unbranched alkanes of at least 4 members (excludes halogenated alkanes) is 9. The van der Waals surface area contributed by atoms with Crippen molar-refractivity contribution in [1.82, 2.24) is 0 Å². The standard InChI is InChI=1S/C32H66O10/c1-3-5-6-7-8-9-10-11-12-13-15-41-31-32(4-2)42-30-29-40-28-27-39-26-25-38-24-23-37-22-21-36-20-19-35-18-17-34-16-14-33/h32-33H,3-31H2,1-2H3. The average molecular weight is 611 g/mol. The molecule has 1 N–H and O–H groups in total. The van der Waals surface area contributed by atoms with Crippen LogP contribution in [0.3, 0.4) is 0 Å². The molecule has 10 nitrogen and oxygen atoms in total. The Kier molecular flexibility index (Phi) is 38.3. The Morgan fingerprint density at radius 2 is 0.738 bits per heavy atom. The lowest BCUT2D eigenvalue weighted by Gasteiger charge is -2.16. The molecule has 1 unspecified atom stereocenters. The van der Waals surface area contributed by atoms with Gasteiger partial charge in [0.05, 0.1) is 118 Å². The molecule has 10 heteroatoms. The summed E-state index contributed by atoms with van der Waals surface area (Å²) in [6, 6.07) is 0. The van der Waals surface area contributed by atoms with Gasteiger partial charge in [-0.05, 0) is 12.8 Å². The number of aliphatic hydroxyl groups is 1. The first-order valence-electron chi connectivity index (χ1n) is 16.7. The number of rotatable bonds is 38. The molecule has 42 heavy (non-hydrogen) atoms. The van der Waals surface area contributed by atoms with Crippen molar-refractivity contribution < 1.29 is 47.7 Å². The second-order valence-electron chi connectivity index (χ2n) is 10.2. The van der Waals surface area contributed by atoms with E-state index in [1.54, 1.807) is 0 Å². The van der Waals surface area contributed by atoms with Crippen LogP contribution in [0.4, 0.5) is 0 Å².